The molecule has 0 radical (unpaired) electrons. The molecule has 0 saturated heterocycles. The third-order valence-electron chi connectivity index (χ3n) is 3.22. The molecule has 0 spiro atoms. The van der Waals surface area contributed by atoms with Crippen LogP contribution in [0, 0.1) is 0 Å². The number of rotatable bonds is 6. The van der Waals surface area contributed by atoms with Crippen molar-refractivity contribution in [2.45, 2.75) is 36.7 Å². The molecule has 5 heteroatoms. The van der Waals surface area contributed by atoms with E-state index in [1.54, 1.807) is 18.1 Å². The van der Waals surface area contributed by atoms with Gasteiger partial charge in [-0.05, 0) is 24.6 Å². The van der Waals surface area contributed by atoms with Crippen molar-refractivity contribution < 1.29 is 0 Å². The predicted octanol–water partition coefficient (Wildman–Crippen LogP) is 2.81. The van der Waals surface area contributed by atoms with Gasteiger partial charge in [0, 0.05) is 11.3 Å². The summed E-state index contributed by atoms with van der Waals surface area (Å²) in [7, 11) is 2.00. The summed E-state index contributed by atoms with van der Waals surface area (Å²) in [6.45, 7) is 4.37. The number of benzene rings is 1. The van der Waals surface area contributed by atoms with Crippen molar-refractivity contribution in [2.75, 3.05) is 7.05 Å². The van der Waals surface area contributed by atoms with Gasteiger partial charge in [0.15, 0.2) is 5.16 Å². The van der Waals surface area contributed by atoms with Crippen LogP contribution in [0.3, 0.4) is 0 Å². The third kappa shape index (κ3) is 3.58. The summed E-state index contributed by atoms with van der Waals surface area (Å²) >= 11 is 1.70. The van der Waals surface area contributed by atoms with Crippen molar-refractivity contribution in [2.24, 2.45) is 0 Å². The molecule has 2 unspecified atom stereocenters. The maximum atomic E-state index is 4.16. The first-order valence-corrected chi connectivity index (χ1v) is 7.40. The van der Waals surface area contributed by atoms with Gasteiger partial charge >= 0.3 is 0 Å². The summed E-state index contributed by atoms with van der Waals surface area (Å²) in [5, 5.41) is 11.4. The molecule has 1 aromatic carbocycles. The Morgan fingerprint density at radius 3 is 2.58 bits per heavy atom. The van der Waals surface area contributed by atoms with E-state index in [0.717, 1.165) is 11.6 Å². The van der Waals surface area contributed by atoms with Crippen molar-refractivity contribution in [1.29, 1.82) is 0 Å². The van der Waals surface area contributed by atoms with Crippen molar-refractivity contribution >= 4 is 11.8 Å². The van der Waals surface area contributed by atoms with Gasteiger partial charge in [-0.2, -0.15) is 5.10 Å². The van der Waals surface area contributed by atoms with Crippen LogP contribution in [0.25, 0.3) is 0 Å². The van der Waals surface area contributed by atoms with E-state index in [1.807, 2.05) is 7.05 Å². The third-order valence-corrected chi connectivity index (χ3v) is 4.28. The van der Waals surface area contributed by atoms with Gasteiger partial charge in [0.25, 0.3) is 0 Å². The fraction of sp³-hybridized carbons (Fsp3) is 0.429. The molecule has 0 fully saturated rings. The van der Waals surface area contributed by atoms with Gasteiger partial charge in [0.1, 0.15) is 6.33 Å². The monoisotopic (exact) mass is 276 g/mol. The molecule has 2 rings (SSSR count). The summed E-state index contributed by atoms with van der Waals surface area (Å²) in [6.07, 6.45) is 2.62. The molecule has 0 aliphatic carbocycles. The zero-order valence-corrected chi connectivity index (χ0v) is 12.4. The Balaban J connectivity index is 2.09. The van der Waals surface area contributed by atoms with E-state index in [1.165, 1.54) is 11.1 Å². The standard InChI is InChI=1S/C14H20N4S/c1-4-11-5-7-12(8-6-11)13(15-3)10(2)19-14-16-9-17-18-14/h5-10,13,15H,4H2,1-3H3,(H,16,17,18). The van der Waals surface area contributed by atoms with E-state index < -0.39 is 0 Å². The molecular weight excluding hydrogens is 256 g/mol. The summed E-state index contributed by atoms with van der Waals surface area (Å²) in [6, 6.07) is 9.10. The zero-order valence-electron chi connectivity index (χ0n) is 11.6. The molecule has 0 aliphatic heterocycles. The second-order valence-corrected chi connectivity index (χ2v) is 5.84. The van der Waals surface area contributed by atoms with Crippen LogP contribution in [0.15, 0.2) is 35.7 Å². The lowest BCUT2D eigenvalue weighted by Gasteiger charge is -2.23. The topological polar surface area (TPSA) is 53.6 Å². The second kappa shape index (κ2) is 6.73. The number of aryl methyl sites for hydroxylation is 1. The minimum absolute atomic E-state index is 0.293. The first-order valence-electron chi connectivity index (χ1n) is 6.52. The number of H-pyrrole nitrogens is 1. The fourth-order valence-electron chi connectivity index (χ4n) is 2.13. The SMILES string of the molecule is CCc1ccc(C(NC)C(C)Sc2ncn[nH]2)cc1. The Labute approximate surface area is 118 Å². The lowest BCUT2D eigenvalue weighted by Crippen LogP contribution is -2.25. The molecule has 0 bridgehead atoms. The fourth-order valence-corrected chi connectivity index (χ4v) is 3.12. The average Bonchev–Trinajstić information content (AvgIpc) is 2.93. The largest absolute Gasteiger partial charge is 0.312 e. The molecular formula is C14H20N4S. The summed E-state index contributed by atoms with van der Waals surface area (Å²) in [5.74, 6) is 0. The van der Waals surface area contributed by atoms with Crippen molar-refractivity contribution in [3.8, 4) is 0 Å². The Bertz CT molecular complexity index is 481. The zero-order chi connectivity index (χ0) is 13.7. The number of aromatic amines is 1. The minimum atomic E-state index is 0.293. The highest BCUT2D eigenvalue weighted by Gasteiger charge is 2.19. The van der Waals surface area contributed by atoms with Gasteiger partial charge < -0.3 is 5.32 Å². The first-order chi connectivity index (χ1) is 9.24. The average molecular weight is 276 g/mol. The van der Waals surface area contributed by atoms with Crippen molar-refractivity contribution in [1.82, 2.24) is 20.5 Å². The highest BCUT2D eigenvalue weighted by molar-refractivity contribution is 7.99. The predicted molar refractivity (Wildman–Crippen MR) is 79.3 cm³/mol. The van der Waals surface area contributed by atoms with Gasteiger partial charge in [-0.1, -0.05) is 49.9 Å². The minimum Gasteiger partial charge on any atom is -0.312 e. The van der Waals surface area contributed by atoms with Gasteiger partial charge in [0.2, 0.25) is 0 Å². The van der Waals surface area contributed by atoms with Crippen LogP contribution >= 0.6 is 11.8 Å². The number of thioether (sulfide) groups is 1. The number of aromatic nitrogens is 3. The van der Waals surface area contributed by atoms with E-state index in [4.69, 9.17) is 0 Å². The smallest absolute Gasteiger partial charge is 0.183 e. The molecule has 19 heavy (non-hydrogen) atoms. The number of nitrogens with zero attached hydrogens (tertiary/aromatic N) is 2. The highest BCUT2D eigenvalue weighted by Crippen LogP contribution is 2.29. The van der Waals surface area contributed by atoms with Crippen LogP contribution < -0.4 is 5.32 Å². The molecule has 1 heterocycles. The van der Waals surface area contributed by atoms with E-state index >= 15 is 0 Å². The molecule has 4 nitrogen and oxygen atoms in total. The summed E-state index contributed by atoms with van der Waals surface area (Å²) in [4.78, 5) is 4.16. The van der Waals surface area contributed by atoms with E-state index in [0.29, 0.717) is 11.3 Å². The van der Waals surface area contributed by atoms with E-state index in [2.05, 4.69) is 58.6 Å². The second-order valence-electron chi connectivity index (χ2n) is 4.48. The van der Waals surface area contributed by atoms with Gasteiger partial charge in [-0.15, -0.1) is 0 Å². The van der Waals surface area contributed by atoms with Crippen molar-refractivity contribution in [3.05, 3.63) is 41.7 Å². The molecule has 2 aromatic rings. The molecule has 0 saturated carbocycles. The van der Waals surface area contributed by atoms with Crippen LogP contribution in [0.2, 0.25) is 0 Å². The van der Waals surface area contributed by atoms with Gasteiger partial charge in [0.05, 0.1) is 0 Å². The lowest BCUT2D eigenvalue weighted by atomic mass is 10.0. The number of hydrogen-bond acceptors (Lipinski definition) is 4. The Morgan fingerprint density at radius 2 is 2.05 bits per heavy atom. The number of hydrogen-bond donors (Lipinski definition) is 2. The molecule has 0 aliphatic rings. The van der Waals surface area contributed by atoms with E-state index in [-0.39, 0.29) is 0 Å². The molecule has 102 valence electrons. The van der Waals surface area contributed by atoms with Crippen LogP contribution in [0.4, 0.5) is 0 Å². The maximum absolute atomic E-state index is 4.16. The Kier molecular flexibility index (Phi) is 4.99. The van der Waals surface area contributed by atoms with Crippen LogP contribution in [-0.4, -0.2) is 27.5 Å². The Hall–Kier alpha value is -1.33. The van der Waals surface area contributed by atoms with Gasteiger partial charge in [-0.25, -0.2) is 4.98 Å². The molecule has 0 amide bonds. The van der Waals surface area contributed by atoms with Gasteiger partial charge in [-0.3, -0.25) is 5.10 Å². The quantitative estimate of drug-likeness (QED) is 0.797. The van der Waals surface area contributed by atoms with E-state index in [9.17, 15) is 0 Å². The molecule has 2 atom stereocenters. The van der Waals surface area contributed by atoms with Crippen LogP contribution in [-0.2, 0) is 6.42 Å². The first kappa shape index (κ1) is 14.1. The molecule has 1 aromatic heterocycles. The lowest BCUT2D eigenvalue weighted by molar-refractivity contribution is 0.588. The summed E-state index contributed by atoms with van der Waals surface area (Å²) in [5.41, 5.74) is 2.67. The molecule has 2 N–H and O–H groups in total. The highest BCUT2D eigenvalue weighted by atomic mass is 32.2. The van der Waals surface area contributed by atoms with Crippen molar-refractivity contribution in [3.63, 3.8) is 0 Å². The normalized spacial score (nSPS) is 14.3. The Morgan fingerprint density at radius 1 is 1.32 bits per heavy atom. The maximum Gasteiger partial charge on any atom is 0.183 e. The van der Waals surface area contributed by atoms with Crippen LogP contribution in [0.5, 0.6) is 0 Å². The number of nitrogens with one attached hydrogen (secondary N) is 2. The van der Waals surface area contributed by atoms with Crippen LogP contribution in [0.1, 0.15) is 31.0 Å². The summed E-state index contributed by atoms with van der Waals surface area (Å²) < 4.78 is 0.